The second kappa shape index (κ2) is 4.63. The molecule has 1 aromatic rings. The van der Waals surface area contributed by atoms with E-state index >= 15 is 0 Å². The van der Waals surface area contributed by atoms with E-state index in [-0.39, 0.29) is 13.2 Å². The first-order valence-corrected chi connectivity index (χ1v) is 3.63. The number of nitrogens with zero attached hydrogens (tertiary/aromatic N) is 2. The van der Waals surface area contributed by atoms with Crippen LogP contribution in [0.1, 0.15) is 5.69 Å². The van der Waals surface area contributed by atoms with Gasteiger partial charge in [0.15, 0.2) is 0 Å². The summed E-state index contributed by atoms with van der Waals surface area (Å²) in [5, 5.41) is 20.1. The molecule has 1 aromatic heterocycles. The van der Waals surface area contributed by atoms with Crippen LogP contribution in [0.15, 0.2) is 12.4 Å². The van der Waals surface area contributed by atoms with Gasteiger partial charge >= 0.3 is 0 Å². The van der Waals surface area contributed by atoms with E-state index in [2.05, 4.69) is 15.3 Å². The number of anilines is 1. The van der Waals surface area contributed by atoms with E-state index in [4.69, 9.17) is 10.2 Å². The van der Waals surface area contributed by atoms with E-state index < -0.39 is 0 Å². The Morgan fingerprint density at radius 3 is 2.83 bits per heavy atom. The lowest BCUT2D eigenvalue weighted by molar-refractivity contribution is 0.276. The molecule has 66 valence electrons. The molecule has 3 N–H and O–H groups in total. The Morgan fingerprint density at radius 1 is 1.33 bits per heavy atom. The molecular formula is C7H11N3O2. The molecule has 0 aliphatic carbocycles. The van der Waals surface area contributed by atoms with Gasteiger partial charge < -0.3 is 15.5 Å². The first-order valence-electron chi connectivity index (χ1n) is 3.63. The van der Waals surface area contributed by atoms with Gasteiger partial charge in [-0.3, -0.25) is 0 Å². The summed E-state index contributed by atoms with van der Waals surface area (Å²) in [6.07, 6.45) is 1.37. The molecule has 0 aliphatic rings. The summed E-state index contributed by atoms with van der Waals surface area (Å²) < 4.78 is 0. The normalized spacial score (nSPS) is 9.83. The van der Waals surface area contributed by atoms with Crippen LogP contribution in [-0.4, -0.2) is 33.3 Å². The molecule has 0 spiro atoms. The lowest BCUT2D eigenvalue weighted by atomic mass is 10.4. The van der Waals surface area contributed by atoms with Gasteiger partial charge in [-0.2, -0.15) is 0 Å². The first kappa shape index (κ1) is 8.89. The third-order valence-corrected chi connectivity index (χ3v) is 1.30. The van der Waals surface area contributed by atoms with Crippen molar-refractivity contribution < 1.29 is 10.2 Å². The Morgan fingerprint density at radius 2 is 2.17 bits per heavy atom. The predicted octanol–water partition coefficient (Wildman–Crippen LogP) is -0.627. The van der Waals surface area contributed by atoms with E-state index in [1.54, 1.807) is 6.07 Å². The summed E-state index contributed by atoms with van der Waals surface area (Å²) in [5.41, 5.74) is 0.561. The SMILES string of the molecule is OCCNc1cc(CO)ncn1. The van der Waals surface area contributed by atoms with Gasteiger partial charge in [-0.25, -0.2) is 9.97 Å². The average Bonchev–Trinajstić information content (AvgIpc) is 2.15. The number of aliphatic hydroxyl groups is 2. The molecule has 0 radical (unpaired) electrons. The van der Waals surface area contributed by atoms with Crippen molar-refractivity contribution in [1.82, 2.24) is 9.97 Å². The van der Waals surface area contributed by atoms with Crippen molar-refractivity contribution >= 4 is 5.82 Å². The molecule has 0 bridgehead atoms. The Labute approximate surface area is 70.1 Å². The summed E-state index contributed by atoms with van der Waals surface area (Å²) in [7, 11) is 0. The minimum absolute atomic E-state index is 0.0540. The molecule has 0 unspecified atom stereocenters. The number of hydrogen-bond donors (Lipinski definition) is 3. The Bertz CT molecular complexity index is 242. The highest BCUT2D eigenvalue weighted by Crippen LogP contribution is 2.02. The van der Waals surface area contributed by atoms with E-state index in [1.807, 2.05) is 0 Å². The van der Waals surface area contributed by atoms with Crippen LogP contribution in [0.4, 0.5) is 5.82 Å². The number of aromatic nitrogens is 2. The Kier molecular flexibility index (Phi) is 3.43. The van der Waals surface area contributed by atoms with Crippen molar-refractivity contribution in [3.8, 4) is 0 Å². The standard InChI is InChI=1S/C7H11N3O2/c11-2-1-8-7-3-6(4-12)9-5-10-7/h3,5,11-12H,1-2,4H2,(H,8,9,10). The molecule has 0 aromatic carbocycles. The number of nitrogens with one attached hydrogen (secondary N) is 1. The minimum atomic E-state index is -0.101. The zero-order valence-electron chi connectivity index (χ0n) is 6.56. The molecule has 0 aliphatic heterocycles. The fourth-order valence-electron chi connectivity index (χ4n) is 0.765. The summed E-state index contributed by atoms with van der Waals surface area (Å²) in [4.78, 5) is 7.68. The molecule has 5 nitrogen and oxygen atoms in total. The number of aliphatic hydroxyl groups excluding tert-OH is 2. The van der Waals surface area contributed by atoms with Crippen molar-refractivity contribution in [2.75, 3.05) is 18.5 Å². The van der Waals surface area contributed by atoms with Crippen LogP contribution < -0.4 is 5.32 Å². The fourth-order valence-corrected chi connectivity index (χ4v) is 0.765. The van der Waals surface area contributed by atoms with Gasteiger partial charge in [-0.1, -0.05) is 0 Å². The Hall–Kier alpha value is -1.20. The van der Waals surface area contributed by atoms with Gasteiger partial charge in [0.05, 0.1) is 18.9 Å². The van der Waals surface area contributed by atoms with Crippen LogP contribution in [0.3, 0.4) is 0 Å². The lowest BCUT2D eigenvalue weighted by Crippen LogP contribution is -2.07. The molecule has 5 heteroatoms. The predicted molar refractivity (Wildman–Crippen MR) is 43.5 cm³/mol. The molecule has 12 heavy (non-hydrogen) atoms. The second-order valence-electron chi connectivity index (χ2n) is 2.20. The Balaban J connectivity index is 2.60. The highest BCUT2D eigenvalue weighted by Gasteiger charge is 1.95. The van der Waals surface area contributed by atoms with Crippen molar-refractivity contribution in [3.63, 3.8) is 0 Å². The first-order chi connectivity index (χ1) is 5.86. The largest absolute Gasteiger partial charge is 0.395 e. The van der Waals surface area contributed by atoms with Gasteiger partial charge in [0.1, 0.15) is 12.1 Å². The molecule has 1 heterocycles. The monoisotopic (exact) mass is 169 g/mol. The van der Waals surface area contributed by atoms with Crippen LogP contribution >= 0.6 is 0 Å². The smallest absolute Gasteiger partial charge is 0.129 e. The maximum Gasteiger partial charge on any atom is 0.129 e. The van der Waals surface area contributed by atoms with Crippen LogP contribution in [0.25, 0.3) is 0 Å². The highest BCUT2D eigenvalue weighted by molar-refractivity contribution is 5.34. The maximum atomic E-state index is 8.72. The van der Waals surface area contributed by atoms with E-state index in [0.29, 0.717) is 18.1 Å². The maximum absolute atomic E-state index is 8.72. The molecule has 0 amide bonds. The minimum Gasteiger partial charge on any atom is -0.395 e. The van der Waals surface area contributed by atoms with Crippen LogP contribution in [0.5, 0.6) is 0 Å². The van der Waals surface area contributed by atoms with E-state index in [0.717, 1.165) is 0 Å². The van der Waals surface area contributed by atoms with Crippen molar-refractivity contribution in [3.05, 3.63) is 18.1 Å². The number of hydrogen-bond acceptors (Lipinski definition) is 5. The molecule has 0 saturated carbocycles. The van der Waals surface area contributed by atoms with Crippen molar-refractivity contribution in [2.45, 2.75) is 6.61 Å². The number of rotatable bonds is 4. The molecule has 0 atom stereocenters. The summed E-state index contributed by atoms with van der Waals surface area (Å²) >= 11 is 0. The van der Waals surface area contributed by atoms with Crippen LogP contribution in [0, 0.1) is 0 Å². The lowest BCUT2D eigenvalue weighted by Gasteiger charge is -2.02. The van der Waals surface area contributed by atoms with E-state index in [9.17, 15) is 0 Å². The van der Waals surface area contributed by atoms with Crippen molar-refractivity contribution in [1.29, 1.82) is 0 Å². The molecule has 1 rings (SSSR count). The highest BCUT2D eigenvalue weighted by atomic mass is 16.3. The van der Waals surface area contributed by atoms with Crippen molar-refractivity contribution in [2.24, 2.45) is 0 Å². The summed E-state index contributed by atoms with van der Waals surface area (Å²) in [6, 6.07) is 1.63. The van der Waals surface area contributed by atoms with Gasteiger partial charge in [0, 0.05) is 12.6 Å². The average molecular weight is 169 g/mol. The van der Waals surface area contributed by atoms with Gasteiger partial charge in [-0.05, 0) is 0 Å². The zero-order valence-corrected chi connectivity index (χ0v) is 6.56. The van der Waals surface area contributed by atoms with Gasteiger partial charge in [0.2, 0.25) is 0 Å². The van der Waals surface area contributed by atoms with Crippen LogP contribution in [-0.2, 0) is 6.61 Å². The van der Waals surface area contributed by atoms with Gasteiger partial charge in [-0.15, -0.1) is 0 Å². The molecular weight excluding hydrogens is 158 g/mol. The van der Waals surface area contributed by atoms with Crippen LogP contribution in [0.2, 0.25) is 0 Å². The topological polar surface area (TPSA) is 78.3 Å². The second-order valence-corrected chi connectivity index (χ2v) is 2.20. The third-order valence-electron chi connectivity index (χ3n) is 1.30. The third kappa shape index (κ3) is 2.44. The summed E-state index contributed by atoms with van der Waals surface area (Å²) in [6.45, 7) is 0.399. The van der Waals surface area contributed by atoms with E-state index in [1.165, 1.54) is 6.33 Å². The fraction of sp³-hybridized carbons (Fsp3) is 0.429. The van der Waals surface area contributed by atoms with Gasteiger partial charge in [0.25, 0.3) is 0 Å². The molecule has 0 fully saturated rings. The quantitative estimate of drug-likeness (QED) is 0.559. The summed E-state index contributed by atoms with van der Waals surface area (Å²) in [5.74, 6) is 0.614. The zero-order chi connectivity index (χ0) is 8.81. The molecule has 0 saturated heterocycles.